The lowest BCUT2D eigenvalue weighted by Crippen LogP contribution is -2.53. The first-order valence-electron chi connectivity index (χ1n) is 6.90. The monoisotopic (exact) mass is 251 g/mol. The molecule has 0 saturated carbocycles. The van der Waals surface area contributed by atoms with E-state index in [2.05, 4.69) is 42.7 Å². The Bertz CT molecular complexity index is 373. The second-order valence-corrected chi connectivity index (χ2v) is 6.06. The molecule has 102 valence electrons. The summed E-state index contributed by atoms with van der Waals surface area (Å²) < 4.78 is 5.24. The van der Waals surface area contributed by atoms with Crippen LogP contribution in [0, 0.1) is 0 Å². The first-order valence-corrected chi connectivity index (χ1v) is 6.90. The summed E-state index contributed by atoms with van der Waals surface area (Å²) >= 11 is 0. The van der Waals surface area contributed by atoms with Crippen LogP contribution in [0.2, 0.25) is 0 Å². The molecule has 0 radical (unpaired) electrons. The van der Waals surface area contributed by atoms with Crippen molar-refractivity contribution in [1.29, 1.82) is 0 Å². The third-order valence-electron chi connectivity index (χ3n) is 3.77. The summed E-state index contributed by atoms with van der Waals surface area (Å²) in [4.78, 5) is 5.05. The molecule has 0 bridgehead atoms. The highest BCUT2D eigenvalue weighted by molar-refractivity contribution is 5.13. The van der Waals surface area contributed by atoms with Gasteiger partial charge >= 0.3 is 0 Å². The van der Waals surface area contributed by atoms with E-state index in [1.54, 1.807) is 0 Å². The first kappa shape index (κ1) is 13.6. The Labute approximate surface area is 110 Å². The molecule has 0 aromatic carbocycles. The van der Waals surface area contributed by atoms with E-state index in [0.717, 1.165) is 44.9 Å². The van der Waals surface area contributed by atoms with Crippen LogP contribution in [0.5, 0.6) is 0 Å². The highest BCUT2D eigenvalue weighted by atomic mass is 16.5. The van der Waals surface area contributed by atoms with Gasteiger partial charge in [-0.3, -0.25) is 9.80 Å². The standard InChI is InChI=1S/C14H25N3O/c1-5-13-12(10-15-18-13)11-16-6-8-17(9-7-16)14(2,3)4/h10H,5-9,11H2,1-4H3. The number of hydrogen-bond acceptors (Lipinski definition) is 4. The van der Waals surface area contributed by atoms with Gasteiger partial charge in [-0.1, -0.05) is 12.1 Å². The molecule has 0 amide bonds. The fraction of sp³-hybridized carbons (Fsp3) is 0.786. The van der Waals surface area contributed by atoms with E-state index in [1.165, 1.54) is 5.56 Å². The molecule has 4 nitrogen and oxygen atoms in total. The summed E-state index contributed by atoms with van der Waals surface area (Å²) in [6.45, 7) is 14.5. The van der Waals surface area contributed by atoms with Crippen molar-refractivity contribution >= 4 is 0 Å². The van der Waals surface area contributed by atoms with Crippen LogP contribution in [0.3, 0.4) is 0 Å². The molecule has 0 N–H and O–H groups in total. The molecule has 1 aromatic rings. The van der Waals surface area contributed by atoms with Crippen LogP contribution in [-0.4, -0.2) is 46.7 Å². The van der Waals surface area contributed by atoms with E-state index in [4.69, 9.17) is 4.52 Å². The van der Waals surface area contributed by atoms with Crippen LogP contribution in [0.25, 0.3) is 0 Å². The molecular weight excluding hydrogens is 226 g/mol. The minimum atomic E-state index is 0.290. The lowest BCUT2D eigenvalue weighted by atomic mass is 10.0. The number of nitrogens with zero attached hydrogens (tertiary/aromatic N) is 3. The van der Waals surface area contributed by atoms with Crippen LogP contribution in [0.15, 0.2) is 10.7 Å². The highest BCUT2D eigenvalue weighted by Gasteiger charge is 2.26. The summed E-state index contributed by atoms with van der Waals surface area (Å²) in [6.07, 6.45) is 2.80. The van der Waals surface area contributed by atoms with Crippen LogP contribution < -0.4 is 0 Å². The van der Waals surface area contributed by atoms with Gasteiger partial charge in [-0.05, 0) is 20.8 Å². The van der Waals surface area contributed by atoms with E-state index in [9.17, 15) is 0 Å². The van der Waals surface area contributed by atoms with Crippen molar-refractivity contribution < 1.29 is 4.52 Å². The van der Waals surface area contributed by atoms with Crippen molar-refractivity contribution in [2.75, 3.05) is 26.2 Å². The topological polar surface area (TPSA) is 32.5 Å². The fourth-order valence-corrected chi connectivity index (χ4v) is 2.52. The van der Waals surface area contributed by atoms with Gasteiger partial charge in [-0.2, -0.15) is 0 Å². The predicted molar refractivity (Wildman–Crippen MR) is 72.5 cm³/mol. The maximum absolute atomic E-state index is 5.24. The Morgan fingerprint density at radius 2 is 1.89 bits per heavy atom. The van der Waals surface area contributed by atoms with E-state index in [0.29, 0.717) is 0 Å². The summed E-state index contributed by atoms with van der Waals surface area (Å²) in [5.74, 6) is 1.04. The van der Waals surface area contributed by atoms with Gasteiger partial charge in [-0.15, -0.1) is 0 Å². The summed E-state index contributed by atoms with van der Waals surface area (Å²) in [5.41, 5.74) is 1.54. The van der Waals surface area contributed by atoms with Crippen LogP contribution in [-0.2, 0) is 13.0 Å². The smallest absolute Gasteiger partial charge is 0.140 e. The Hall–Kier alpha value is -0.870. The van der Waals surface area contributed by atoms with Crippen LogP contribution in [0.1, 0.15) is 39.0 Å². The Kier molecular flexibility index (Phi) is 4.07. The zero-order chi connectivity index (χ0) is 13.2. The van der Waals surface area contributed by atoms with Crippen molar-refractivity contribution in [2.24, 2.45) is 0 Å². The van der Waals surface area contributed by atoms with Crippen molar-refractivity contribution in [2.45, 2.75) is 46.2 Å². The SMILES string of the molecule is CCc1oncc1CN1CCN(C(C)(C)C)CC1. The van der Waals surface area contributed by atoms with Gasteiger partial charge in [-0.25, -0.2) is 0 Å². The molecule has 2 heterocycles. The minimum Gasteiger partial charge on any atom is -0.361 e. The lowest BCUT2D eigenvalue weighted by molar-refractivity contribution is 0.0589. The number of aromatic nitrogens is 1. The molecule has 0 atom stereocenters. The molecule has 18 heavy (non-hydrogen) atoms. The zero-order valence-corrected chi connectivity index (χ0v) is 12.1. The summed E-state index contributed by atoms with van der Waals surface area (Å²) in [5, 5.41) is 3.90. The van der Waals surface area contributed by atoms with E-state index < -0.39 is 0 Å². The zero-order valence-electron chi connectivity index (χ0n) is 12.1. The van der Waals surface area contributed by atoms with Gasteiger partial charge in [0.05, 0.1) is 6.20 Å². The Balaban J connectivity index is 1.87. The molecule has 0 unspecified atom stereocenters. The van der Waals surface area contributed by atoms with Crippen molar-refractivity contribution in [3.05, 3.63) is 17.5 Å². The van der Waals surface area contributed by atoms with Gasteiger partial charge < -0.3 is 4.52 Å². The molecule has 4 heteroatoms. The number of hydrogen-bond donors (Lipinski definition) is 0. The molecule has 2 rings (SSSR count). The van der Waals surface area contributed by atoms with Crippen LogP contribution >= 0.6 is 0 Å². The van der Waals surface area contributed by atoms with Gasteiger partial charge in [0.15, 0.2) is 0 Å². The molecule has 1 fully saturated rings. The number of aryl methyl sites for hydroxylation is 1. The number of piperazine rings is 1. The normalized spacial score (nSPS) is 19.3. The maximum atomic E-state index is 5.24. The lowest BCUT2D eigenvalue weighted by Gasteiger charge is -2.42. The quantitative estimate of drug-likeness (QED) is 0.824. The average molecular weight is 251 g/mol. The third kappa shape index (κ3) is 3.12. The van der Waals surface area contributed by atoms with Gasteiger partial charge in [0.1, 0.15) is 5.76 Å². The second-order valence-electron chi connectivity index (χ2n) is 6.06. The molecule has 1 aromatic heterocycles. The molecule has 1 saturated heterocycles. The molecule has 0 aliphatic carbocycles. The molecular formula is C14H25N3O. The predicted octanol–water partition coefficient (Wildman–Crippen LogP) is 2.15. The van der Waals surface area contributed by atoms with Crippen molar-refractivity contribution in [3.63, 3.8) is 0 Å². The fourth-order valence-electron chi connectivity index (χ4n) is 2.52. The van der Waals surface area contributed by atoms with Crippen molar-refractivity contribution in [1.82, 2.24) is 15.0 Å². The number of rotatable bonds is 3. The average Bonchev–Trinajstić information content (AvgIpc) is 2.76. The van der Waals surface area contributed by atoms with Crippen LogP contribution in [0.4, 0.5) is 0 Å². The largest absolute Gasteiger partial charge is 0.361 e. The van der Waals surface area contributed by atoms with Gasteiger partial charge in [0.25, 0.3) is 0 Å². The molecule has 0 spiro atoms. The molecule has 1 aliphatic rings. The minimum absolute atomic E-state index is 0.290. The van der Waals surface area contributed by atoms with Gasteiger partial charge in [0.2, 0.25) is 0 Å². The second kappa shape index (κ2) is 5.41. The molecule has 1 aliphatic heterocycles. The Morgan fingerprint density at radius 3 is 2.44 bits per heavy atom. The van der Waals surface area contributed by atoms with E-state index in [1.807, 2.05) is 6.20 Å². The summed E-state index contributed by atoms with van der Waals surface area (Å²) in [7, 11) is 0. The van der Waals surface area contributed by atoms with E-state index >= 15 is 0 Å². The third-order valence-corrected chi connectivity index (χ3v) is 3.77. The highest BCUT2D eigenvalue weighted by Crippen LogP contribution is 2.18. The van der Waals surface area contributed by atoms with Gasteiger partial charge in [0, 0.05) is 50.2 Å². The Morgan fingerprint density at radius 1 is 1.22 bits per heavy atom. The first-order chi connectivity index (χ1) is 8.50. The summed E-state index contributed by atoms with van der Waals surface area (Å²) in [6, 6.07) is 0. The van der Waals surface area contributed by atoms with E-state index in [-0.39, 0.29) is 5.54 Å². The maximum Gasteiger partial charge on any atom is 0.140 e. The van der Waals surface area contributed by atoms with Crippen molar-refractivity contribution in [3.8, 4) is 0 Å².